The van der Waals surface area contributed by atoms with E-state index in [2.05, 4.69) is 58.4 Å². The number of aromatic nitrogens is 3. The van der Waals surface area contributed by atoms with Crippen LogP contribution in [0.3, 0.4) is 0 Å². The van der Waals surface area contributed by atoms with Gasteiger partial charge in [-0.3, -0.25) is 4.40 Å². The fourth-order valence-electron chi connectivity index (χ4n) is 3.82. The van der Waals surface area contributed by atoms with Crippen LogP contribution in [0.5, 0.6) is 0 Å². The molecule has 1 aliphatic rings. The van der Waals surface area contributed by atoms with Crippen molar-refractivity contribution in [3.63, 3.8) is 0 Å². The third kappa shape index (κ3) is 3.41. The van der Waals surface area contributed by atoms with Gasteiger partial charge in [0, 0.05) is 42.3 Å². The van der Waals surface area contributed by atoms with Crippen molar-refractivity contribution in [2.24, 2.45) is 0 Å². The zero-order valence-electron chi connectivity index (χ0n) is 16.9. The van der Waals surface area contributed by atoms with Crippen molar-refractivity contribution in [1.29, 1.82) is 0 Å². The lowest BCUT2D eigenvalue weighted by Gasteiger charge is -2.17. The van der Waals surface area contributed by atoms with Crippen LogP contribution in [0.1, 0.15) is 18.2 Å². The number of rotatable bonds is 5. The Balaban J connectivity index is 1.56. The van der Waals surface area contributed by atoms with Crippen LogP contribution in [0.4, 0.5) is 10.9 Å². The van der Waals surface area contributed by atoms with Crippen LogP contribution in [0.15, 0.2) is 54.1 Å². The molecule has 0 radical (unpaired) electrons. The van der Waals surface area contributed by atoms with Gasteiger partial charge in [-0.25, -0.2) is 9.97 Å². The number of anilines is 2. The van der Waals surface area contributed by atoms with Crippen LogP contribution in [-0.4, -0.2) is 34.5 Å². The average Bonchev–Trinajstić information content (AvgIpc) is 3.52. The molecule has 0 spiro atoms. The molecular weight excluding hydrogens is 414 g/mol. The summed E-state index contributed by atoms with van der Waals surface area (Å²) < 4.78 is 2.19. The molecule has 0 saturated heterocycles. The van der Waals surface area contributed by atoms with Crippen LogP contribution >= 0.6 is 22.9 Å². The van der Waals surface area contributed by atoms with Crippen molar-refractivity contribution in [2.45, 2.75) is 13.3 Å². The minimum atomic E-state index is 0.730. The molecule has 1 aromatic carbocycles. The fourth-order valence-corrected chi connectivity index (χ4v) is 4.75. The molecule has 3 aromatic heterocycles. The van der Waals surface area contributed by atoms with Crippen LogP contribution in [0.2, 0.25) is 5.02 Å². The molecule has 0 unspecified atom stereocenters. The van der Waals surface area contributed by atoms with E-state index in [-0.39, 0.29) is 0 Å². The second kappa shape index (κ2) is 7.87. The molecule has 4 heterocycles. The second-order valence-corrected chi connectivity index (χ2v) is 8.60. The number of thiazole rings is 1. The smallest absolute Gasteiger partial charge is 0.191 e. The lowest BCUT2D eigenvalue weighted by molar-refractivity contribution is 0.897. The summed E-state index contributed by atoms with van der Waals surface area (Å²) in [6.07, 6.45) is 5.30. The summed E-state index contributed by atoms with van der Waals surface area (Å²) in [7, 11) is 2.07. The molecule has 0 amide bonds. The van der Waals surface area contributed by atoms with Crippen LogP contribution in [0, 0.1) is 0 Å². The molecule has 5 rings (SSSR count). The van der Waals surface area contributed by atoms with Gasteiger partial charge in [-0.15, -0.1) is 11.3 Å². The number of benzene rings is 1. The lowest BCUT2D eigenvalue weighted by Crippen LogP contribution is -2.13. The van der Waals surface area contributed by atoms with Gasteiger partial charge in [0.05, 0.1) is 11.4 Å². The molecule has 0 fully saturated rings. The molecule has 0 bridgehead atoms. The number of nitrogens with zero attached hydrogens (tertiary/aromatic N) is 4. The Labute approximate surface area is 184 Å². The quantitative estimate of drug-likeness (QED) is 0.454. The molecule has 5 nitrogen and oxygen atoms in total. The van der Waals surface area contributed by atoms with Crippen LogP contribution in [0.25, 0.3) is 22.5 Å². The van der Waals surface area contributed by atoms with E-state index in [9.17, 15) is 0 Å². The molecule has 7 heteroatoms. The summed E-state index contributed by atoms with van der Waals surface area (Å²) in [5.41, 5.74) is 6.59. The van der Waals surface area contributed by atoms with Gasteiger partial charge >= 0.3 is 0 Å². The maximum Gasteiger partial charge on any atom is 0.191 e. The van der Waals surface area contributed by atoms with Crippen molar-refractivity contribution in [3.8, 4) is 11.3 Å². The molecule has 0 aliphatic carbocycles. The van der Waals surface area contributed by atoms with Gasteiger partial charge in [-0.05, 0) is 41.8 Å². The highest BCUT2D eigenvalue weighted by Crippen LogP contribution is 2.34. The number of hydrogen-bond acceptors (Lipinski definition) is 5. The van der Waals surface area contributed by atoms with Crippen LogP contribution < -0.4 is 10.2 Å². The first-order valence-corrected chi connectivity index (χ1v) is 11.3. The first kappa shape index (κ1) is 19.3. The summed E-state index contributed by atoms with van der Waals surface area (Å²) in [5.74, 6) is 1.07. The van der Waals surface area contributed by atoms with E-state index >= 15 is 0 Å². The first-order chi connectivity index (χ1) is 14.6. The second-order valence-electron chi connectivity index (χ2n) is 7.32. The van der Waals surface area contributed by atoms with Crippen molar-refractivity contribution in [3.05, 3.63) is 70.3 Å². The highest BCUT2D eigenvalue weighted by molar-refractivity contribution is 7.14. The lowest BCUT2D eigenvalue weighted by atomic mass is 10.1. The molecule has 30 heavy (non-hydrogen) atoms. The zero-order valence-corrected chi connectivity index (χ0v) is 18.5. The summed E-state index contributed by atoms with van der Waals surface area (Å²) in [4.78, 5) is 11.9. The van der Waals surface area contributed by atoms with E-state index < -0.39 is 0 Å². The molecule has 4 aromatic rings. The van der Waals surface area contributed by atoms with Crippen molar-refractivity contribution in [1.82, 2.24) is 19.7 Å². The molecular formula is C23H22ClN5S. The van der Waals surface area contributed by atoms with E-state index in [1.54, 1.807) is 11.3 Å². The van der Waals surface area contributed by atoms with E-state index in [4.69, 9.17) is 21.6 Å². The Morgan fingerprint density at radius 1 is 1.13 bits per heavy atom. The van der Waals surface area contributed by atoms with Gasteiger partial charge in [-0.1, -0.05) is 36.7 Å². The highest BCUT2D eigenvalue weighted by Gasteiger charge is 2.20. The normalized spacial score (nSPS) is 13.8. The molecule has 152 valence electrons. The third-order valence-corrected chi connectivity index (χ3v) is 6.58. The van der Waals surface area contributed by atoms with Gasteiger partial charge in [0.2, 0.25) is 0 Å². The van der Waals surface area contributed by atoms with Gasteiger partial charge in [0.25, 0.3) is 0 Å². The third-order valence-electron chi connectivity index (χ3n) is 5.41. The summed E-state index contributed by atoms with van der Waals surface area (Å²) in [6.45, 7) is 3.98. The van der Waals surface area contributed by atoms with Crippen molar-refractivity contribution in [2.75, 3.05) is 25.0 Å². The minimum Gasteiger partial charge on any atom is -0.309 e. The summed E-state index contributed by atoms with van der Waals surface area (Å²) in [5, 5.41) is 7.13. The molecule has 1 aliphatic heterocycles. The Kier molecular flexibility index (Phi) is 5.06. The Hall–Kier alpha value is -2.67. The predicted molar refractivity (Wildman–Crippen MR) is 126 cm³/mol. The Morgan fingerprint density at radius 2 is 1.93 bits per heavy atom. The fraction of sp³-hybridized carbons (Fsp3) is 0.217. The number of fused-ring (bicyclic) bond motifs is 1. The first-order valence-electron chi connectivity index (χ1n) is 10.0. The van der Waals surface area contributed by atoms with E-state index in [0.717, 1.165) is 58.1 Å². The summed E-state index contributed by atoms with van der Waals surface area (Å²) >= 11 is 7.66. The minimum absolute atomic E-state index is 0.730. The number of aryl methyl sites for hydroxylation is 1. The topological polar surface area (TPSA) is 45.5 Å². The number of halogens is 1. The van der Waals surface area contributed by atoms with E-state index in [1.165, 1.54) is 11.1 Å². The number of imidazole rings is 1. The van der Waals surface area contributed by atoms with Crippen LogP contribution in [-0.2, 0) is 6.42 Å². The molecule has 0 saturated carbocycles. The SMILES string of the molecule is CCc1nc2ccc(C3=CCNC3)cn2c1N(C)c1nc(-c2ccc(Cl)cc2)cs1. The van der Waals surface area contributed by atoms with Crippen molar-refractivity contribution < 1.29 is 0 Å². The number of hydrogen-bond donors (Lipinski definition) is 1. The molecule has 0 atom stereocenters. The maximum atomic E-state index is 6.03. The summed E-state index contributed by atoms with van der Waals surface area (Å²) in [6, 6.07) is 12.1. The Bertz CT molecular complexity index is 1240. The average molecular weight is 436 g/mol. The predicted octanol–water partition coefficient (Wildman–Crippen LogP) is 5.43. The highest BCUT2D eigenvalue weighted by atomic mass is 35.5. The van der Waals surface area contributed by atoms with Crippen molar-refractivity contribution >= 4 is 45.1 Å². The maximum absolute atomic E-state index is 6.03. The van der Waals surface area contributed by atoms with Gasteiger partial charge in [0.15, 0.2) is 5.13 Å². The number of pyridine rings is 1. The monoisotopic (exact) mass is 435 g/mol. The van der Waals surface area contributed by atoms with Gasteiger partial charge < -0.3 is 10.2 Å². The zero-order chi connectivity index (χ0) is 20.7. The van der Waals surface area contributed by atoms with Gasteiger partial charge in [0.1, 0.15) is 11.5 Å². The van der Waals surface area contributed by atoms with Gasteiger partial charge in [-0.2, -0.15) is 0 Å². The van der Waals surface area contributed by atoms with E-state index in [1.807, 2.05) is 24.3 Å². The Morgan fingerprint density at radius 3 is 2.67 bits per heavy atom. The molecule has 1 N–H and O–H groups in total. The number of nitrogens with one attached hydrogen (secondary N) is 1. The standard InChI is InChI=1S/C23H22ClN5S/c1-3-19-22(29-13-17(6-9-21(29)26-19)16-10-11-25-12-16)28(2)23-27-20(14-30-23)15-4-7-18(24)8-5-15/h4-10,13-14,25H,3,11-12H2,1-2H3. The largest absolute Gasteiger partial charge is 0.309 e. The van der Waals surface area contributed by atoms with E-state index in [0.29, 0.717) is 0 Å².